The van der Waals surface area contributed by atoms with Crippen LogP contribution in [0.5, 0.6) is 11.5 Å². The molecule has 2 aliphatic rings. The molecule has 3 aromatic carbocycles. The van der Waals surface area contributed by atoms with Gasteiger partial charge in [0.25, 0.3) is 5.91 Å². The van der Waals surface area contributed by atoms with E-state index < -0.39 is 0 Å². The van der Waals surface area contributed by atoms with Gasteiger partial charge in [-0.1, -0.05) is 18.2 Å². The fourth-order valence-electron chi connectivity index (χ4n) is 4.02. The van der Waals surface area contributed by atoms with Crippen molar-refractivity contribution in [1.82, 2.24) is 4.90 Å². The minimum absolute atomic E-state index is 0.172. The average molecular weight is 438 g/mol. The number of rotatable bonds is 5. The summed E-state index contributed by atoms with van der Waals surface area (Å²) < 4.78 is 11.0. The molecule has 33 heavy (non-hydrogen) atoms. The van der Waals surface area contributed by atoms with Crippen LogP contribution in [0.1, 0.15) is 22.3 Å². The molecule has 0 bridgehead atoms. The molecule has 2 heterocycles. The van der Waals surface area contributed by atoms with Gasteiger partial charge < -0.3 is 25.0 Å². The number of carbonyl (C=O) groups excluding carboxylic acids is 1. The van der Waals surface area contributed by atoms with Crippen LogP contribution in [-0.2, 0) is 11.3 Å². The highest BCUT2D eigenvalue weighted by Gasteiger charge is 2.29. The van der Waals surface area contributed by atoms with Gasteiger partial charge in [-0.05, 0) is 62.1 Å². The summed E-state index contributed by atoms with van der Waals surface area (Å²) in [6.07, 6.45) is 0. The van der Waals surface area contributed by atoms with E-state index in [0.29, 0.717) is 34.0 Å². The molecule has 3 aromatic rings. The van der Waals surface area contributed by atoms with Crippen LogP contribution >= 0.6 is 0 Å². The van der Waals surface area contributed by atoms with Crippen molar-refractivity contribution < 1.29 is 14.3 Å². The molecule has 2 N–H and O–H groups in total. The third-order valence-electron chi connectivity index (χ3n) is 5.53. The van der Waals surface area contributed by atoms with Crippen molar-refractivity contribution in [2.75, 3.05) is 31.5 Å². The van der Waals surface area contributed by atoms with Crippen molar-refractivity contribution in [3.05, 3.63) is 82.9 Å². The maximum absolute atomic E-state index is 13.1. The van der Waals surface area contributed by atoms with Gasteiger partial charge in [0.15, 0.2) is 11.5 Å². The Balaban J connectivity index is 1.61. The lowest BCUT2D eigenvalue weighted by molar-refractivity contribution is -0.110. The van der Waals surface area contributed by atoms with E-state index in [0.717, 1.165) is 23.4 Å². The number of hydrogen-bond donors (Lipinski definition) is 2. The summed E-state index contributed by atoms with van der Waals surface area (Å²) in [5.74, 6) is 1.07. The van der Waals surface area contributed by atoms with Crippen LogP contribution in [0.25, 0.3) is 11.3 Å². The molecule has 0 fully saturated rings. The summed E-state index contributed by atoms with van der Waals surface area (Å²) >= 11 is 0. The predicted octanol–water partition coefficient (Wildman–Crippen LogP) is 4.28. The molecule has 0 radical (unpaired) electrons. The zero-order valence-electron chi connectivity index (χ0n) is 18.3. The van der Waals surface area contributed by atoms with Gasteiger partial charge in [-0.15, -0.1) is 0 Å². The van der Waals surface area contributed by atoms with Crippen LogP contribution in [0, 0.1) is 11.3 Å². The molecule has 0 saturated heterocycles. The maximum Gasteiger partial charge on any atom is 0.258 e. The second-order valence-electron chi connectivity index (χ2n) is 8.20. The summed E-state index contributed by atoms with van der Waals surface area (Å²) in [4.78, 5) is 15.2. The molecule has 7 heteroatoms. The number of hydrogen-bond acceptors (Lipinski definition) is 6. The number of anilines is 2. The summed E-state index contributed by atoms with van der Waals surface area (Å²) in [6, 6.07) is 21.1. The maximum atomic E-state index is 13.1. The summed E-state index contributed by atoms with van der Waals surface area (Å²) in [5.41, 5.74) is 5.84. The molecule has 2 aliphatic heterocycles. The molecular formula is C26H22N4O3. The highest BCUT2D eigenvalue weighted by atomic mass is 16.7. The van der Waals surface area contributed by atoms with E-state index in [2.05, 4.69) is 33.7 Å². The fraction of sp³-hybridized carbons (Fsp3) is 0.154. The summed E-state index contributed by atoms with van der Waals surface area (Å²) in [7, 11) is 4.06. The minimum atomic E-state index is -0.232. The number of nitriles is 1. The lowest BCUT2D eigenvalue weighted by atomic mass is 9.98. The fourth-order valence-corrected chi connectivity index (χ4v) is 4.02. The predicted molar refractivity (Wildman–Crippen MR) is 127 cm³/mol. The van der Waals surface area contributed by atoms with Crippen molar-refractivity contribution >= 4 is 28.6 Å². The van der Waals surface area contributed by atoms with Crippen LogP contribution in [0.3, 0.4) is 0 Å². The van der Waals surface area contributed by atoms with Gasteiger partial charge in [0.2, 0.25) is 6.79 Å². The normalized spacial score (nSPS) is 15.2. The van der Waals surface area contributed by atoms with Crippen LogP contribution in [0.4, 0.5) is 11.4 Å². The SMILES string of the molecule is CN(C)Cc1ccc(N/C(=C2\C(=O)Nc3cc(C#N)ccc32)c2ccc3c(c2)OCO3)cc1. The van der Waals surface area contributed by atoms with Gasteiger partial charge in [-0.3, -0.25) is 4.79 Å². The van der Waals surface area contributed by atoms with Gasteiger partial charge in [0.1, 0.15) is 0 Å². The second-order valence-corrected chi connectivity index (χ2v) is 8.20. The van der Waals surface area contributed by atoms with E-state index in [-0.39, 0.29) is 12.7 Å². The van der Waals surface area contributed by atoms with E-state index in [1.54, 1.807) is 18.2 Å². The van der Waals surface area contributed by atoms with Crippen LogP contribution in [0.15, 0.2) is 60.7 Å². The van der Waals surface area contributed by atoms with Crippen molar-refractivity contribution in [3.8, 4) is 17.6 Å². The van der Waals surface area contributed by atoms with Gasteiger partial charge >= 0.3 is 0 Å². The molecule has 164 valence electrons. The molecule has 5 rings (SSSR count). The third kappa shape index (κ3) is 4.00. The van der Waals surface area contributed by atoms with E-state index in [9.17, 15) is 10.1 Å². The Morgan fingerprint density at radius 2 is 1.85 bits per heavy atom. The molecule has 0 aliphatic carbocycles. The molecule has 0 saturated carbocycles. The quantitative estimate of drug-likeness (QED) is 0.578. The van der Waals surface area contributed by atoms with Crippen molar-refractivity contribution in [2.45, 2.75) is 6.54 Å². The second kappa shape index (κ2) is 8.34. The number of benzene rings is 3. The van der Waals surface area contributed by atoms with E-state index in [4.69, 9.17) is 9.47 Å². The third-order valence-corrected chi connectivity index (χ3v) is 5.53. The Kier molecular flexibility index (Phi) is 5.21. The monoisotopic (exact) mass is 438 g/mol. The Morgan fingerprint density at radius 1 is 1.06 bits per heavy atom. The first-order chi connectivity index (χ1) is 16.0. The molecule has 0 unspecified atom stereocenters. The molecular weight excluding hydrogens is 416 g/mol. The number of nitrogens with one attached hydrogen (secondary N) is 2. The molecule has 1 amide bonds. The van der Waals surface area contributed by atoms with Gasteiger partial charge in [0, 0.05) is 23.4 Å². The lowest BCUT2D eigenvalue weighted by Gasteiger charge is -2.16. The topological polar surface area (TPSA) is 86.6 Å². The van der Waals surface area contributed by atoms with Crippen molar-refractivity contribution in [1.29, 1.82) is 5.26 Å². The first-order valence-electron chi connectivity index (χ1n) is 10.5. The first kappa shape index (κ1) is 20.6. The Hall–Kier alpha value is -4.28. The van der Waals surface area contributed by atoms with E-state index in [1.807, 2.05) is 44.4 Å². The van der Waals surface area contributed by atoms with Crippen LogP contribution in [-0.4, -0.2) is 31.7 Å². The lowest BCUT2D eigenvalue weighted by Crippen LogP contribution is -2.11. The molecule has 7 nitrogen and oxygen atoms in total. The number of fused-ring (bicyclic) bond motifs is 2. The van der Waals surface area contributed by atoms with E-state index >= 15 is 0 Å². The number of amides is 1. The average Bonchev–Trinajstić information content (AvgIpc) is 3.40. The summed E-state index contributed by atoms with van der Waals surface area (Å²) in [6.45, 7) is 1.01. The van der Waals surface area contributed by atoms with Gasteiger partial charge in [0.05, 0.1) is 28.6 Å². The molecule has 0 aromatic heterocycles. The highest BCUT2D eigenvalue weighted by molar-refractivity contribution is 6.37. The summed E-state index contributed by atoms with van der Waals surface area (Å²) in [5, 5.41) is 15.6. The number of nitrogens with zero attached hydrogens (tertiary/aromatic N) is 2. The molecule has 0 spiro atoms. The van der Waals surface area contributed by atoms with Crippen molar-refractivity contribution in [2.24, 2.45) is 0 Å². The largest absolute Gasteiger partial charge is 0.454 e. The standard InChI is InChI=1S/C26H22N4O3/c1-30(2)14-16-3-7-19(8-4-16)28-25(18-6-10-22-23(12-18)33-15-32-22)24-20-9-5-17(13-27)11-21(20)29-26(24)31/h3-12,28H,14-15H2,1-2H3,(H,29,31)/b25-24-. The Bertz CT molecular complexity index is 1320. The Morgan fingerprint density at radius 3 is 2.61 bits per heavy atom. The van der Waals surface area contributed by atoms with E-state index in [1.165, 1.54) is 5.56 Å². The first-order valence-corrected chi connectivity index (χ1v) is 10.5. The molecule has 0 atom stereocenters. The number of carbonyl (C=O) groups is 1. The highest BCUT2D eigenvalue weighted by Crippen LogP contribution is 2.40. The number of ether oxygens (including phenoxy) is 2. The zero-order chi connectivity index (χ0) is 22.9. The van der Waals surface area contributed by atoms with Crippen LogP contribution < -0.4 is 20.1 Å². The smallest absolute Gasteiger partial charge is 0.258 e. The van der Waals surface area contributed by atoms with Crippen LogP contribution in [0.2, 0.25) is 0 Å². The minimum Gasteiger partial charge on any atom is -0.454 e. The van der Waals surface area contributed by atoms with Crippen molar-refractivity contribution in [3.63, 3.8) is 0 Å². The van der Waals surface area contributed by atoms with Gasteiger partial charge in [-0.2, -0.15) is 5.26 Å². The van der Waals surface area contributed by atoms with Gasteiger partial charge in [-0.25, -0.2) is 0 Å². The Labute approximate surface area is 191 Å². The zero-order valence-corrected chi connectivity index (χ0v) is 18.3.